The van der Waals surface area contributed by atoms with E-state index in [1.807, 2.05) is 60.9 Å². The van der Waals surface area contributed by atoms with Crippen LogP contribution in [-0.4, -0.2) is 53.1 Å². The van der Waals surface area contributed by atoms with E-state index in [1.54, 1.807) is 6.20 Å². The Morgan fingerprint density at radius 2 is 1.84 bits per heavy atom. The van der Waals surface area contributed by atoms with Gasteiger partial charge in [0.05, 0.1) is 17.1 Å². The van der Waals surface area contributed by atoms with E-state index < -0.39 is 0 Å². The number of piperazine rings is 1. The van der Waals surface area contributed by atoms with Crippen molar-refractivity contribution in [2.24, 2.45) is 0 Å². The van der Waals surface area contributed by atoms with Gasteiger partial charge in [-0.25, -0.2) is 4.98 Å². The standard InChI is InChI=1S/C24H25ClN6O/c1-17-18(2)31(20-6-4-3-5-7-20)24(21(17)14-26)28-23(32)16-29-10-12-30(13-11-29)22-9-8-19(25)15-27-22/h3-9,15H,10-13,16H2,1-2H3,(H,28,32). The molecule has 3 heterocycles. The van der Waals surface area contributed by atoms with Crippen LogP contribution >= 0.6 is 11.6 Å². The highest BCUT2D eigenvalue weighted by Gasteiger charge is 2.23. The van der Waals surface area contributed by atoms with Crippen molar-refractivity contribution in [1.29, 1.82) is 5.26 Å². The number of halogens is 1. The molecule has 1 fully saturated rings. The predicted octanol–water partition coefficient (Wildman–Crippen LogP) is 3.77. The monoisotopic (exact) mass is 448 g/mol. The third-order valence-electron chi connectivity index (χ3n) is 5.87. The Hall–Kier alpha value is -3.34. The Bertz CT molecular complexity index is 1140. The molecule has 1 saturated heterocycles. The van der Waals surface area contributed by atoms with Gasteiger partial charge in [0, 0.05) is 43.8 Å². The number of anilines is 2. The van der Waals surface area contributed by atoms with Crippen molar-refractivity contribution < 1.29 is 4.79 Å². The van der Waals surface area contributed by atoms with Crippen LogP contribution in [0.15, 0.2) is 48.7 Å². The van der Waals surface area contributed by atoms with E-state index >= 15 is 0 Å². The molecule has 0 saturated carbocycles. The topological polar surface area (TPSA) is 77.2 Å². The second-order valence-corrected chi connectivity index (χ2v) is 8.30. The van der Waals surface area contributed by atoms with Gasteiger partial charge in [-0.1, -0.05) is 29.8 Å². The minimum absolute atomic E-state index is 0.130. The van der Waals surface area contributed by atoms with Crippen molar-refractivity contribution >= 4 is 29.1 Å². The van der Waals surface area contributed by atoms with Crippen molar-refractivity contribution in [2.75, 3.05) is 42.9 Å². The van der Waals surface area contributed by atoms with Crippen molar-refractivity contribution in [1.82, 2.24) is 14.5 Å². The number of nitrogens with zero attached hydrogens (tertiary/aromatic N) is 5. The van der Waals surface area contributed by atoms with E-state index in [0.29, 0.717) is 16.4 Å². The fourth-order valence-corrected chi connectivity index (χ4v) is 4.14. The third-order valence-corrected chi connectivity index (χ3v) is 6.10. The highest BCUT2D eigenvalue weighted by Crippen LogP contribution is 2.30. The number of para-hydroxylation sites is 1. The second kappa shape index (κ2) is 9.43. The summed E-state index contributed by atoms with van der Waals surface area (Å²) in [5.74, 6) is 1.29. The van der Waals surface area contributed by atoms with Gasteiger partial charge in [-0.15, -0.1) is 0 Å². The molecule has 164 valence electrons. The lowest BCUT2D eigenvalue weighted by Crippen LogP contribution is -2.49. The number of hydrogen-bond acceptors (Lipinski definition) is 5. The van der Waals surface area contributed by atoms with Crippen molar-refractivity contribution in [3.63, 3.8) is 0 Å². The third kappa shape index (κ3) is 4.47. The summed E-state index contributed by atoms with van der Waals surface area (Å²) in [6.45, 7) is 7.20. The van der Waals surface area contributed by atoms with E-state index in [-0.39, 0.29) is 12.5 Å². The van der Waals surface area contributed by atoms with Crippen LogP contribution in [0, 0.1) is 25.2 Å². The zero-order chi connectivity index (χ0) is 22.7. The number of nitriles is 1. The number of aromatic nitrogens is 2. The van der Waals surface area contributed by atoms with Crippen molar-refractivity contribution in [2.45, 2.75) is 13.8 Å². The van der Waals surface area contributed by atoms with E-state index in [0.717, 1.165) is 48.9 Å². The van der Waals surface area contributed by atoms with Crippen LogP contribution < -0.4 is 10.2 Å². The Morgan fingerprint density at radius 3 is 2.47 bits per heavy atom. The lowest BCUT2D eigenvalue weighted by molar-refractivity contribution is -0.117. The largest absolute Gasteiger partial charge is 0.354 e. The first kappa shape index (κ1) is 21.9. The summed E-state index contributed by atoms with van der Waals surface area (Å²) in [7, 11) is 0. The molecule has 1 amide bonds. The summed E-state index contributed by atoms with van der Waals surface area (Å²) in [4.78, 5) is 21.6. The summed E-state index contributed by atoms with van der Waals surface area (Å²) in [5, 5.41) is 13.4. The number of benzene rings is 1. The van der Waals surface area contributed by atoms with Crippen LogP contribution in [0.25, 0.3) is 5.69 Å². The van der Waals surface area contributed by atoms with E-state index in [1.165, 1.54) is 0 Å². The zero-order valence-corrected chi connectivity index (χ0v) is 18.9. The zero-order valence-electron chi connectivity index (χ0n) is 18.2. The van der Waals surface area contributed by atoms with Crippen molar-refractivity contribution in [3.8, 4) is 11.8 Å². The second-order valence-electron chi connectivity index (χ2n) is 7.86. The lowest BCUT2D eigenvalue weighted by atomic mass is 10.2. The van der Waals surface area contributed by atoms with Gasteiger partial charge in [-0.2, -0.15) is 5.26 Å². The maximum absolute atomic E-state index is 12.9. The molecule has 1 aliphatic rings. The quantitative estimate of drug-likeness (QED) is 0.642. The minimum Gasteiger partial charge on any atom is -0.354 e. The first-order valence-corrected chi connectivity index (χ1v) is 10.9. The number of rotatable bonds is 5. The van der Waals surface area contributed by atoms with Gasteiger partial charge in [0.2, 0.25) is 5.91 Å². The number of amides is 1. The molecule has 0 atom stereocenters. The fraction of sp³-hybridized carbons (Fsp3) is 0.292. The molecule has 0 spiro atoms. The minimum atomic E-state index is -0.130. The lowest BCUT2D eigenvalue weighted by Gasteiger charge is -2.35. The van der Waals surface area contributed by atoms with Crippen LogP contribution in [-0.2, 0) is 4.79 Å². The van der Waals surface area contributed by atoms with Crippen LogP contribution in [0.1, 0.15) is 16.8 Å². The summed E-state index contributed by atoms with van der Waals surface area (Å²) in [5.41, 5.74) is 3.22. The average molecular weight is 449 g/mol. The van der Waals surface area contributed by atoms with E-state index in [2.05, 4.69) is 26.2 Å². The molecule has 0 aliphatic carbocycles. The highest BCUT2D eigenvalue weighted by molar-refractivity contribution is 6.30. The highest BCUT2D eigenvalue weighted by atomic mass is 35.5. The SMILES string of the molecule is Cc1c(C#N)c(NC(=O)CN2CCN(c3ccc(Cl)cn3)CC2)n(-c2ccccc2)c1C. The van der Waals surface area contributed by atoms with Crippen LogP contribution in [0.3, 0.4) is 0 Å². The Kier molecular flexibility index (Phi) is 6.45. The maximum Gasteiger partial charge on any atom is 0.239 e. The molecular weight excluding hydrogens is 424 g/mol. The van der Waals surface area contributed by atoms with Gasteiger partial charge in [0.25, 0.3) is 0 Å². The molecule has 3 aromatic rings. The number of nitrogens with one attached hydrogen (secondary N) is 1. The van der Waals surface area contributed by atoms with Gasteiger partial charge in [-0.05, 0) is 43.7 Å². The van der Waals surface area contributed by atoms with Crippen LogP contribution in [0.5, 0.6) is 0 Å². The van der Waals surface area contributed by atoms with Crippen LogP contribution in [0.4, 0.5) is 11.6 Å². The van der Waals surface area contributed by atoms with Gasteiger partial charge >= 0.3 is 0 Å². The van der Waals surface area contributed by atoms with E-state index in [4.69, 9.17) is 11.6 Å². The Balaban J connectivity index is 1.44. The molecule has 0 unspecified atom stereocenters. The molecule has 1 N–H and O–H groups in total. The number of carbonyl (C=O) groups is 1. The molecular formula is C24H25ClN6O. The molecule has 7 nitrogen and oxygen atoms in total. The van der Waals surface area contributed by atoms with Gasteiger partial charge in [0.1, 0.15) is 17.7 Å². The predicted molar refractivity (Wildman–Crippen MR) is 126 cm³/mol. The summed E-state index contributed by atoms with van der Waals surface area (Å²) >= 11 is 5.93. The molecule has 0 bridgehead atoms. The number of pyridine rings is 1. The number of carbonyl (C=O) groups excluding carboxylic acids is 1. The Morgan fingerprint density at radius 1 is 1.12 bits per heavy atom. The molecule has 0 radical (unpaired) electrons. The van der Waals surface area contributed by atoms with Crippen LogP contribution in [0.2, 0.25) is 5.02 Å². The molecule has 8 heteroatoms. The van der Waals surface area contributed by atoms with Crippen molar-refractivity contribution in [3.05, 3.63) is 70.5 Å². The van der Waals surface area contributed by atoms with E-state index in [9.17, 15) is 10.1 Å². The summed E-state index contributed by atoms with van der Waals surface area (Å²) in [6, 6.07) is 15.8. The smallest absolute Gasteiger partial charge is 0.239 e. The molecule has 1 aliphatic heterocycles. The van der Waals surface area contributed by atoms with Gasteiger partial charge in [0.15, 0.2) is 0 Å². The first-order valence-electron chi connectivity index (χ1n) is 10.5. The fourth-order valence-electron chi connectivity index (χ4n) is 4.03. The molecule has 2 aromatic heterocycles. The molecule has 1 aromatic carbocycles. The number of hydrogen-bond donors (Lipinski definition) is 1. The Labute approximate surface area is 192 Å². The normalized spacial score (nSPS) is 14.2. The summed E-state index contributed by atoms with van der Waals surface area (Å²) < 4.78 is 1.94. The van der Waals surface area contributed by atoms with Gasteiger partial charge in [-0.3, -0.25) is 14.3 Å². The molecule has 4 rings (SSSR count). The first-order chi connectivity index (χ1) is 15.5. The summed E-state index contributed by atoms with van der Waals surface area (Å²) in [6.07, 6.45) is 1.65. The average Bonchev–Trinajstić information content (AvgIpc) is 3.04. The molecule has 32 heavy (non-hydrogen) atoms. The maximum atomic E-state index is 12.9. The van der Waals surface area contributed by atoms with Gasteiger partial charge < -0.3 is 10.2 Å².